The highest BCUT2D eigenvalue weighted by molar-refractivity contribution is 5.79. The van der Waals surface area contributed by atoms with Crippen molar-refractivity contribution in [2.45, 2.75) is 18.4 Å². The molecule has 3 nitrogen and oxygen atoms in total. The maximum absolute atomic E-state index is 10.3. The molecular weight excluding hydrogens is 200 g/mol. The summed E-state index contributed by atoms with van der Waals surface area (Å²) in [7, 11) is 0. The maximum Gasteiger partial charge on any atom is 0.0823 e. The number of aliphatic hydroxyl groups is 1. The Kier molecular flexibility index (Phi) is 2.23. The van der Waals surface area contributed by atoms with E-state index in [1.54, 1.807) is 0 Å². The quantitative estimate of drug-likeness (QED) is 0.711. The Bertz CT molecular complexity index is 497. The van der Waals surface area contributed by atoms with Gasteiger partial charge in [-0.15, -0.1) is 0 Å². The van der Waals surface area contributed by atoms with Crippen LogP contribution in [-0.2, 0) is 6.42 Å². The lowest BCUT2D eigenvalue weighted by molar-refractivity contribution is 0.0619. The molecule has 1 fully saturated rings. The molecule has 2 heterocycles. The second kappa shape index (κ2) is 3.61. The van der Waals surface area contributed by atoms with Gasteiger partial charge >= 0.3 is 0 Å². The first-order valence-corrected chi connectivity index (χ1v) is 5.74. The fourth-order valence-corrected chi connectivity index (χ4v) is 2.47. The molecule has 0 radical (unpaired) electrons. The minimum Gasteiger partial charge on any atom is -0.388 e. The highest BCUT2D eigenvalue weighted by atomic mass is 16.3. The lowest BCUT2D eigenvalue weighted by atomic mass is 9.93. The molecular formula is C13H16N2O. The Labute approximate surface area is 94.5 Å². The van der Waals surface area contributed by atoms with Gasteiger partial charge in [0, 0.05) is 24.7 Å². The third-order valence-electron chi connectivity index (χ3n) is 3.37. The molecule has 16 heavy (non-hydrogen) atoms. The number of hydrogen-bond donors (Lipinski definition) is 3. The van der Waals surface area contributed by atoms with Gasteiger partial charge < -0.3 is 15.4 Å². The van der Waals surface area contributed by atoms with Crippen LogP contribution in [-0.4, -0.2) is 28.8 Å². The van der Waals surface area contributed by atoms with Gasteiger partial charge in [0.2, 0.25) is 0 Å². The van der Waals surface area contributed by atoms with Crippen LogP contribution in [0.3, 0.4) is 0 Å². The van der Waals surface area contributed by atoms with Gasteiger partial charge in [-0.1, -0.05) is 6.07 Å². The van der Waals surface area contributed by atoms with Gasteiger partial charge in [0.15, 0.2) is 0 Å². The minimum atomic E-state index is -0.552. The van der Waals surface area contributed by atoms with Crippen LogP contribution in [0.2, 0.25) is 0 Å². The van der Waals surface area contributed by atoms with E-state index in [0.29, 0.717) is 6.54 Å². The van der Waals surface area contributed by atoms with Crippen molar-refractivity contribution in [3.8, 4) is 0 Å². The molecule has 1 aliphatic heterocycles. The monoisotopic (exact) mass is 216 g/mol. The number of H-pyrrole nitrogens is 1. The Hall–Kier alpha value is -1.32. The van der Waals surface area contributed by atoms with Crippen molar-refractivity contribution >= 4 is 10.9 Å². The molecule has 84 valence electrons. The van der Waals surface area contributed by atoms with Gasteiger partial charge in [0.25, 0.3) is 0 Å². The van der Waals surface area contributed by atoms with Crippen molar-refractivity contribution < 1.29 is 5.11 Å². The predicted octanol–water partition coefficient (Wildman–Crippen LogP) is 1.43. The Morgan fingerprint density at radius 3 is 3.06 bits per heavy atom. The SMILES string of the molecule is OC1(Cc2ccc3[nH]ccc3c2)CCNC1. The summed E-state index contributed by atoms with van der Waals surface area (Å²) in [5.74, 6) is 0. The molecule has 0 amide bonds. The molecule has 1 saturated heterocycles. The molecule has 0 spiro atoms. The van der Waals surface area contributed by atoms with E-state index in [-0.39, 0.29) is 0 Å². The van der Waals surface area contributed by atoms with Gasteiger partial charge in [0.1, 0.15) is 0 Å². The molecule has 0 saturated carbocycles. The van der Waals surface area contributed by atoms with E-state index in [0.717, 1.165) is 24.9 Å². The molecule has 1 atom stereocenters. The first-order chi connectivity index (χ1) is 7.75. The number of hydrogen-bond acceptors (Lipinski definition) is 2. The maximum atomic E-state index is 10.3. The number of aromatic nitrogens is 1. The second-order valence-corrected chi connectivity index (χ2v) is 4.73. The summed E-state index contributed by atoms with van der Waals surface area (Å²) in [4.78, 5) is 3.18. The van der Waals surface area contributed by atoms with Crippen LogP contribution in [0.15, 0.2) is 30.5 Å². The predicted molar refractivity (Wildman–Crippen MR) is 64.4 cm³/mol. The van der Waals surface area contributed by atoms with Crippen LogP contribution in [0.25, 0.3) is 10.9 Å². The van der Waals surface area contributed by atoms with E-state index in [2.05, 4.69) is 34.6 Å². The zero-order valence-corrected chi connectivity index (χ0v) is 9.16. The molecule has 3 heteroatoms. The average molecular weight is 216 g/mol. The van der Waals surface area contributed by atoms with Gasteiger partial charge in [-0.2, -0.15) is 0 Å². The smallest absolute Gasteiger partial charge is 0.0823 e. The molecule has 1 unspecified atom stereocenters. The number of β-amino-alcohol motifs (C(OH)–C–C–N with tert-alkyl or cyclic N) is 1. The molecule has 0 aliphatic carbocycles. The lowest BCUT2D eigenvalue weighted by Gasteiger charge is -2.21. The van der Waals surface area contributed by atoms with E-state index < -0.39 is 5.60 Å². The van der Waals surface area contributed by atoms with Crippen LogP contribution in [0.1, 0.15) is 12.0 Å². The summed E-state index contributed by atoms with van der Waals surface area (Å²) in [6.07, 6.45) is 3.53. The third kappa shape index (κ3) is 1.72. The summed E-state index contributed by atoms with van der Waals surface area (Å²) in [6.45, 7) is 1.63. The van der Waals surface area contributed by atoms with Gasteiger partial charge in [-0.25, -0.2) is 0 Å². The van der Waals surface area contributed by atoms with Gasteiger partial charge in [0.05, 0.1) is 5.60 Å². The third-order valence-corrected chi connectivity index (χ3v) is 3.37. The lowest BCUT2D eigenvalue weighted by Crippen LogP contribution is -2.33. The standard InChI is InChI=1S/C13H16N2O/c16-13(4-6-14-9-13)8-10-1-2-12-11(7-10)3-5-15-12/h1-3,5,7,14-16H,4,6,8-9H2. The van der Waals surface area contributed by atoms with Crippen molar-refractivity contribution in [2.75, 3.05) is 13.1 Å². The number of rotatable bonds is 2. The Balaban J connectivity index is 1.88. The molecule has 1 aromatic heterocycles. The normalized spacial score (nSPS) is 25.3. The Morgan fingerprint density at radius 1 is 1.31 bits per heavy atom. The zero-order chi connectivity index (χ0) is 11.0. The summed E-state index contributed by atoms with van der Waals surface area (Å²) >= 11 is 0. The summed E-state index contributed by atoms with van der Waals surface area (Å²) in [5, 5.41) is 14.7. The first-order valence-electron chi connectivity index (χ1n) is 5.74. The second-order valence-electron chi connectivity index (χ2n) is 4.73. The molecule has 3 rings (SSSR count). The number of benzene rings is 1. The number of nitrogens with one attached hydrogen (secondary N) is 2. The van der Waals surface area contributed by atoms with Crippen molar-refractivity contribution in [3.63, 3.8) is 0 Å². The molecule has 0 bridgehead atoms. The highest BCUT2D eigenvalue weighted by Crippen LogP contribution is 2.22. The van der Waals surface area contributed by atoms with E-state index in [4.69, 9.17) is 0 Å². The molecule has 2 aromatic rings. The van der Waals surface area contributed by atoms with E-state index in [1.807, 2.05) is 6.20 Å². The first kappa shape index (κ1) is 9.87. The number of fused-ring (bicyclic) bond motifs is 1. The van der Waals surface area contributed by atoms with Gasteiger partial charge in [-0.3, -0.25) is 0 Å². The van der Waals surface area contributed by atoms with E-state index in [9.17, 15) is 5.11 Å². The largest absolute Gasteiger partial charge is 0.388 e. The molecule has 1 aliphatic rings. The van der Waals surface area contributed by atoms with E-state index >= 15 is 0 Å². The Morgan fingerprint density at radius 2 is 2.25 bits per heavy atom. The van der Waals surface area contributed by atoms with Crippen molar-refractivity contribution in [3.05, 3.63) is 36.0 Å². The number of aromatic amines is 1. The van der Waals surface area contributed by atoms with Crippen LogP contribution in [0, 0.1) is 0 Å². The van der Waals surface area contributed by atoms with Crippen LogP contribution in [0.4, 0.5) is 0 Å². The molecule has 1 aromatic carbocycles. The fourth-order valence-electron chi connectivity index (χ4n) is 2.47. The minimum absolute atomic E-state index is 0.552. The fraction of sp³-hybridized carbons (Fsp3) is 0.385. The molecule has 3 N–H and O–H groups in total. The van der Waals surface area contributed by atoms with Crippen molar-refractivity contribution in [1.29, 1.82) is 0 Å². The zero-order valence-electron chi connectivity index (χ0n) is 9.16. The topological polar surface area (TPSA) is 48.0 Å². The van der Waals surface area contributed by atoms with Crippen LogP contribution >= 0.6 is 0 Å². The van der Waals surface area contributed by atoms with Crippen molar-refractivity contribution in [2.24, 2.45) is 0 Å². The van der Waals surface area contributed by atoms with E-state index in [1.165, 1.54) is 10.9 Å². The highest BCUT2D eigenvalue weighted by Gasteiger charge is 2.30. The summed E-state index contributed by atoms with van der Waals surface area (Å²) in [6, 6.07) is 8.39. The van der Waals surface area contributed by atoms with Crippen molar-refractivity contribution in [1.82, 2.24) is 10.3 Å². The van der Waals surface area contributed by atoms with Crippen LogP contribution in [0.5, 0.6) is 0 Å². The summed E-state index contributed by atoms with van der Waals surface area (Å²) in [5.41, 5.74) is 1.81. The van der Waals surface area contributed by atoms with Gasteiger partial charge in [-0.05, 0) is 42.1 Å². The van der Waals surface area contributed by atoms with Crippen LogP contribution < -0.4 is 5.32 Å². The summed E-state index contributed by atoms with van der Waals surface area (Å²) < 4.78 is 0. The average Bonchev–Trinajstić information content (AvgIpc) is 2.86.